The third-order valence-electron chi connectivity index (χ3n) is 3.23. The smallest absolute Gasteiger partial charge is 0.240 e. The van der Waals surface area contributed by atoms with E-state index in [0.717, 1.165) is 11.1 Å². The molecule has 0 aromatic heterocycles. The molecule has 0 amide bonds. The minimum Gasteiger partial charge on any atom is -0.492 e. The van der Waals surface area contributed by atoms with Crippen LogP contribution in [0.3, 0.4) is 0 Å². The highest BCUT2D eigenvalue weighted by Crippen LogP contribution is 2.19. The van der Waals surface area contributed by atoms with Crippen LogP contribution < -0.4 is 9.46 Å². The lowest BCUT2D eigenvalue weighted by Gasteiger charge is -2.10. The van der Waals surface area contributed by atoms with E-state index in [4.69, 9.17) is 21.6 Å². The largest absolute Gasteiger partial charge is 0.492 e. The molecule has 2 aromatic rings. The molecule has 126 valence electrons. The van der Waals surface area contributed by atoms with Crippen molar-refractivity contribution in [3.63, 3.8) is 0 Å². The van der Waals surface area contributed by atoms with Crippen molar-refractivity contribution < 1.29 is 13.2 Å². The van der Waals surface area contributed by atoms with Crippen molar-refractivity contribution in [2.24, 2.45) is 0 Å². The molecule has 0 aliphatic rings. The zero-order valence-electron chi connectivity index (χ0n) is 13.3. The van der Waals surface area contributed by atoms with Crippen molar-refractivity contribution >= 4 is 21.6 Å². The van der Waals surface area contributed by atoms with E-state index >= 15 is 0 Å². The second-order valence-corrected chi connectivity index (χ2v) is 7.50. The van der Waals surface area contributed by atoms with Gasteiger partial charge in [0.1, 0.15) is 18.4 Å². The molecule has 1 N–H and O–H groups in total. The number of halogens is 1. The molecule has 0 atom stereocenters. The Bertz CT molecular complexity index is 869. The first-order chi connectivity index (χ1) is 11.3. The summed E-state index contributed by atoms with van der Waals surface area (Å²) < 4.78 is 32.4. The Morgan fingerprint density at radius 2 is 1.83 bits per heavy atom. The first-order valence-corrected chi connectivity index (χ1v) is 9.08. The van der Waals surface area contributed by atoms with Crippen LogP contribution >= 0.6 is 11.6 Å². The first-order valence-electron chi connectivity index (χ1n) is 7.22. The number of hydrogen-bond acceptors (Lipinski definition) is 4. The normalized spacial score (nSPS) is 11.1. The van der Waals surface area contributed by atoms with Gasteiger partial charge in [-0.05, 0) is 55.3 Å². The number of nitriles is 1. The molecule has 0 aliphatic heterocycles. The quantitative estimate of drug-likeness (QED) is 0.798. The number of rotatable bonds is 6. The van der Waals surface area contributed by atoms with Gasteiger partial charge >= 0.3 is 0 Å². The van der Waals surface area contributed by atoms with E-state index in [9.17, 15) is 8.42 Å². The van der Waals surface area contributed by atoms with E-state index in [1.807, 2.05) is 38.1 Å². The van der Waals surface area contributed by atoms with Gasteiger partial charge in [0.15, 0.2) is 0 Å². The van der Waals surface area contributed by atoms with Crippen LogP contribution in [-0.4, -0.2) is 21.6 Å². The Labute approximate surface area is 146 Å². The molecule has 0 spiro atoms. The van der Waals surface area contributed by atoms with Gasteiger partial charge in [0.05, 0.1) is 15.5 Å². The van der Waals surface area contributed by atoms with Crippen LogP contribution in [0, 0.1) is 25.2 Å². The van der Waals surface area contributed by atoms with Crippen LogP contribution in [0.1, 0.15) is 16.7 Å². The summed E-state index contributed by atoms with van der Waals surface area (Å²) in [5.41, 5.74) is 2.28. The van der Waals surface area contributed by atoms with E-state index in [-0.39, 0.29) is 28.6 Å². The third-order valence-corrected chi connectivity index (χ3v) is 5.01. The van der Waals surface area contributed by atoms with Crippen LogP contribution in [0.15, 0.2) is 41.3 Å². The summed E-state index contributed by atoms with van der Waals surface area (Å²) in [5.74, 6) is 0.699. The second-order valence-electron chi connectivity index (χ2n) is 5.32. The average Bonchev–Trinajstić information content (AvgIpc) is 2.51. The summed E-state index contributed by atoms with van der Waals surface area (Å²) in [5, 5.41) is 9.14. The van der Waals surface area contributed by atoms with Crippen molar-refractivity contribution in [3.8, 4) is 11.8 Å². The number of aryl methyl sites for hydroxylation is 2. The molecule has 0 bridgehead atoms. The number of benzene rings is 2. The molecular formula is C17H17ClN2O3S. The van der Waals surface area contributed by atoms with E-state index in [1.165, 1.54) is 18.2 Å². The molecule has 0 fully saturated rings. The zero-order chi connectivity index (χ0) is 17.7. The topological polar surface area (TPSA) is 79.2 Å². The Balaban J connectivity index is 1.97. The molecule has 2 rings (SSSR count). The Kier molecular flexibility index (Phi) is 5.84. The van der Waals surface area contributed by atoms with Gasteiger partial charge in [-0.2, -0.15) is 5.26 Å². The van der Waals surface area contributed by atoms with Gasteiger partial charge in [0, 0.05) is 6.54 Å². The molecule has 5 nitrogen and oxygen atoms in total. The SMILES string of the molecule is Cc1cc(C)cc(OCCNS(=O)(=O)c2ccc(Cl)c(C#N)c2)c1. The van der Waals surface area contributed by atoms with Crippen molar-refractivity contribution in [3.05, 3.63) is 58.1 Å². The monoisotopic (exact) mass is 364 g/mol. The van der Waals surface area contributed by atoms with Gasteiger partial charge in [0.2, 0.25) is 10.0 Å². The van der Waals surface area contributed by atoms with Crippen LogP contribution in [0.25, 0.3) is 0 Å². The predicted octanol–water partition coefficient (Wildman–Crippen LogP) is 3.19. The first kappa shape index (κ1) is 18.3. The maximum Gasteiger partial charge on any atom is 0.240 e. The van der Waals surface area contributed by atoms with Crippen LogP contribution in [0.4, 0.5) is 0 Å². The highest BCUT2D eigenvalue weighted by Gasteiger charge is 2.15. The molecule has 0 unspecified atom stereocenters. The molecule has 2 aromatic carbocycles. The lowest BCUT2D eigenvalue weighted by atomic mass is 10.1. The molecule has 0 saturated heterocycles. The third kappa shape index (κ3) is 4.71. The number of hydrogen-bond donors (Lipinski definition) is 1. The van der Waals surface area contributed by atoms with Gasteiger partial charge in [0.25, 0.3) is 0 Å². The fourth-order valence-electron chi connectivity index (χ4n) is 2.20. The van der Waals surface area contributed by atoms with E-state index in [1.54, 1.807) is 0 Å². The Morgan fingerprint density at radius 3 is 2.46 bits per heavy atom. The zero-order valence-corrected chi connectivity index (χ0v) is 14.9. The van der Waals surface area contributed by atoms with Crippen LogP contribution in [0.5, 0.6) is 5.75 Å². The van der Waals surface area contributed by atoms with Crippen molar-refractivity contribution in [2.45, 2.75) is 18.7 Å². The summed E-state index contributed by atoms with van der Waals surface area (Å²) in [6.07, 6.45) is 0. The standard InChI is InChI=1S/C17H17ClN2O3S/c1-12-7-13(2)9-15(8-12)23-6-5-20-24(21,22)16-3-4-17(18)14(10-16)11-19/h3-4,7-10,20H,5-6H2,1-2H3. The summed E-state index contributed by atoms with van der Waals surface area (Å²) >= 11 is 5.81. The molecule has 24 heavy (non-hydrogen) atoms. The lowest BCUT2D eigenvalue weighted by Crippen LogP contribution is -2.28. The van der Waals surface area contributed by atoms with Crippen LogP contribution in [0.2, 0.25) is 5.02 Å². The molecule has 0 heterocycles. The summed E-state index contributed by atoms with van der Waals surface area (Å²) in [4.78, 5) is -0.00477. The van der Waals surface area contributed by atoms with Crippen molar-refractivity contribution in [2.75, 3.05) is 13.2 Å². The van der Waals surface area contributed by atoms with Gasteiger partial charge in [-0.15, -0.1) is 0 Å². The number of sulfonamides is 1. The second kappa shape index (κ2) is 7.67. The van der Waals surface area contributed by atoms with Gasteiger partial charge in [-0.3, -0.25) is 0 Å². The van der Waals surface area contributed by atoms with Crippen molar-refractivity contribution in [1.29, 1.82) is 5.26 Å². The molecule has 0 radical (unpaired) electrons. The fraction of sp³-hybridized carbons (Fsp3) is 0.235. The maximum absolute atomic E-state index is 12.2. The fourth-order valence-corrected chi connectivity index (χ4v) is 3.40. The van der Waals surface area contributed by atoms with Gasteiger partial charge in [-0.25, -0.2) is 13.1 Å². The Morgan fingerprint density at radius 1 is 1.17 bits per heavy atom. The molecule has 0 aliphatic carbocycles. The highest BCUT2D eigenvalue weighted by atomic mass is 35.5. The number of nitrogens with zero attached hydrogens (tertiary/aromatic N) is 1. The maximum atomic E-state index is 12.2. The number of ether oxygens (including phenoxy) is 1. The Hall–Kier alpha value is -2.07. The average molecular weight is 365 g/mol. The summed E-state index contributed by atoms with van der Waals surface area (Å²) in [7, 11) is -3.72. The molecule has 7 heteroatoms. The minimum absolute atomic E-state index is 0.00477. The van der Waals surface area contributed by atoms with Crippen molar-refractivity contribution in [1.82, 2.24) is 4.72 Å². The van der Waals surface area contributed by atoms with E-state index in [0.29, 0.717) is 5.75 Å². The van der Waals surface area contributed by atoms with Crippen LogP contribution in [-0.2, 0) is 10.0 Å². The van der Waals surface area contributed by atoms with Gasteiger partial charge in [-0.1, -0.05) is 17.7 Å². The predicted molar refractivity (Wildman–Crippen MR) is 92.8 cm³/mol. The summed E-state index contributed by atoms with van der Waals surface area (Å²) in [6, 6.07) is 11.7. The molecule has 0 saturated carbocycles. The van der Waals surface area contributed by atoms with Gasteiger partial charge < -0.3 is 4.74 Å². The minimum atomic E-state index is -3.72. The van der Waals surface area contributed by atoms with E-state index in [2.05, 4.69) is 4.72 Å². The molecular weight excluding hydrogens is 348 g/mol. The lowest BCUT2D eigenvalue weighted by molar-refractivity contribution is 0.322. The highest BCUT2D eigenvalue weighted by molar-refractivity contribution is 7.89. The number of nitrogens with one attached hydrogen (secondary N) is 1. The summed E-state index contributed by atoms with van der Waals surface area (Å²) in [6.45, 7) is 4.24. The van der Waals surface area contributed by atoms with E-state index < -0.39 is 10.0 Å².